The summed E-state index contributed by atoms with van der Waals surface area (Å²) in [5.41, 5.74) is -0.246. The maximum absolute atomic E-state index is 11.1. The number of hydrogen-bond donors (Lipinski definition) is 1. The van der Waals surface area contributed by atoms with Gasteiger partial charge in [0, 0.05) is 13.1 Å². The van der Waals surface area contributed by atoms with Crippen molar-refractivity contribution in [2.24, 2.45) is 0 Å². The lowest BCUT2D eigenvalue weighted by Crippen LogP contribution is -2.59. The average Bonchev–Trinajstić information content (AvgIpc) is 2.84. The van der Waals surface area contributed by atoms with Crippen molar-refractivity contribution in [2.45, 2.75) is 50.7 Å². The zero-order valence-electron chi connectivity index (χ0n) is 12.6. The van der Waals surface area contributed by atoms with Gasteiger partial charge in [-0.05, 0) is 38.8 Å². The summed E-state index contributed by atoms with van der Waals surface area (Å²) in [7, 11) is 0. The van der Waals surface area contributed by atoms with E-state index in [9.17, 15) is 4.79 Å². The molecule has 0 atom stereocenters. The monoisotopic (exact) mass is 290 g/mol. The van der Waals surface area contributed by atoms with Crippen LogP contribution in [-0.2, 0) is 4.74 Å². The molecule has 114 valence electrons. The first-order valence-corrected chi connectivity index (χ1v) is 7.55. The number of rotatable bonds is 2. The highest BCUT2D eigenvalue weighted by Gasteiger charge is 2.46. The Morgan fingerprint density at radius 3 is 2.67 bits per heavy atom. The second-order valence-corrected chi connectivity index (χ2v) is 6.79. The van der Waals surface area contributed by atoms with Crippen LogP contribution in [0.1, 0.15) is 50.0 Å². The Balaban J connectivity index is 1.90. The van der Waals surface area contributed by atoms with E-state index in [1.807, 2.05) is 6.07 Å². The lowest BCUT2D eigenvalue weighted by atomic mass is 9.94. The van der Waals surface area contributed by atoms with Gasteiger partial charge in [-0.2, -0.15) is 0 Å². The van der Waals surface area contributed by atoms with Gasteiger partial charge in [-0.25, -0.2) is 9.78 Å². The van der Waals surface area contributed by atoms with Gasteiger partial charge in [0.1, 0.15) is 5.82 Å². The van der Waals surface area contributed by atoms with E-state index < -0.39 is 5.97 Å². The largest absolute Gasteiger partial charge is 0.477 e. The van der Waals surface area contributed by atoms with Crippen molar-refractivity contribution >= 4 is 11.8 Å². The summed E-state index contributed by atoms with van der Waals surface area (Å²) >= 11 is 0. The Morgan fingerprint density at radius 2 is 2.00 bits per heavy atom. The Bertz CT molecular complexity index is 550. The van der Waals surface area contributed by atoms with E-state index in [1.165, 1.54) is 18.9 Å². The van der Waals surface area contributed by atoms with E-state index in [1.54, 1.807) is 6.07 Å². The summed E-state index contributed by atoms with van der Waals surface area (Å²) in [5.74, 6) is -0.252. The number of ether oxygens (including phenoxy) is 1. The first-order valence-electron chi connectivity index (χ1n) is 7.55. The van der Waals surface area contributed by atoms with Crippen LogP contribution in [0.3, 0.4) is 0 Å². The number of hydrogen-bond acceptors (Lipinski definition) is 4. The van der Waals surface area contributed by atoms with E-state index >= 15 is 0 Å². The van der Waals surface area contributed by atoms with Gasteiger partial charge in [-0.3, -0.25) is 0 Å². The summed E-state index contributed by atoms with van der Waals surface area (Å²) in [4.78, 5) is 17.6. The third kappa shape index (κ3) is 2.88. The fraction of sp³-hybridized carbons (Fsp3) is 0.625. The number of nitrogens with zero attached hydrogens (tertiary/aromatic N) is 2. The molecular weight excluding hydrogens is 268 g/mol. The van der Waals surface area contributed by atoms with Gasteiger partial charge < -0.3 is 14.7 Å². The summed E-state index contributed by atoms with van der Waals surface area (Å²) in [6.45, 7) is 5.72. The molecule has 0 unspecified atom stereocenters. The van der Waals surface area contributed by atoms with Crippen LogP contribution in [0.2, 0.25) is 0 Å². The number of aromatic nitrogens is 1. The van der Waals surface area contributed by atoms with E-state index in [4.69, 9.17) is 9.84 Å². The molecule has 0 amide bonds. The van der Waals surface area contributed by atoms with Crippen molar-refractivity contribution in [3.63, 3.8) is 0 Å². The third-order valence-electron chi connectivity index (χ3n) is 4.34. The number of carboxylic acid groups (broad SMARTS) is 1. The van der Waals surface area contributed by atoms with Crippen LogP contribution in [0, 0.1) is 0 Å². The van der Waals surface area contributed by atoms with Crippen molar-refractivity contribution in [1.82, 2.24) is 4.98 Å². The van der Waals surface area contributed by atoms with Crippen molar-refractivity contribution < 1.29 is 14.6 Å². The van der Waals surface area contributed by atoms with Crippen LogP contribution >= 0.6 is 0 Å². The smallest absolute Gasteiger partial charge is 0.354 e. The molecule has 2 aliphatic rings. The van der Waals surface area contributed by atoms with Gasteiger partial charge in [0.05, 0.1) is 11.2 Å². The predicted octanol–water partition coefficient (Wildman–Crippen LogP) is 2.71. The molecule has 2 fully saturated rings. The minimum Gasteiger partial charge on any atom is -0.477 e. The van der Waals surface area contributed by atoms with Crippen molar-refractivity contribution in [1.29, 1.82) is 0 Å². The second-order valence-electron chi connectivity index (χ2n) is 6.79. The highest BCUT2D eigenvalue weighted by molar-refractivity contribution is 5.85. The van der Waals surface area contributed by atoms with Gasteiger partial charge >= 0.3 is 5.97 Å². The molecule has 5 nitrogen and oxygen atoms in total. The van der Waals surface area contributed by atoms with Gasteiger partial charge in [0.25, 0.3) is 0 Å². The minimum atomic E-state index is -0.986. The van der Waals surface area contributed by atoms with Crippen molar-refractivity contribution in [3.8, 4) is 0 Å². The average molecular weight is 290 g/mol. The van der Waals surface area contributed by atoms with E-state index in [2.05, 4.69) is 23.7 Å². The number of morpholine rings is 1. The van der Waals surface area contributed by atoms with Gasteiger partial charge in [0.2, 0.25) is 0 Å². The third-order valence-corrected chi connectivity index (χ3v) is 4.34. The fourth-order valence-electron chi connectivity index (χ4n) is 3.67. The zero-order chi connectivity index (χ0) is 15.1. The topological polar surface area (TPSA) is 62.7 Å². The Hall–Kier alpha value is -1.62. The second kappa shape index (κ2) is 4.98. The number of pyridine rings is 1. The Kier molecular flexibility index (Phi) is 3.40. The SMILES string of the molecule is CC1(C)CN(c2cccc(C(=O)O)n2)CC2(CCCC2)O1. The Morgan fingerprint density at radius 1 is 1.29 bits per heavy atom. The molecule has 1 spiro atoms. The molecule has 1 aromatic heterocycles. The van der Waals surface area contributed by atoms with Gasteiger partial charge in [-0.1, -0.05) is 18.9 Å². The summed E-state index contributed by atoms with van der Waals surface area (Å²) < 4.78 is 6.37. The number of carboxylic acids is 1. The summed E-state index contributed by atoms with van der Waals surface area (Å²) in [5, 5.41) is 9.11. The van der Waals surface area contributed by atoms with Gasteiger partial charge in [-0.15, -0.1) is 0 Å². The van der Waals surface area contributed by atoms with E-state index in [0.29, 0.717) is 0 Å². The summed E-state index contributed by atoms with van der Waals surface area (Å²) in [6.07, 6.45) is 4.55. The number of anilines is 1. The molecule has 21 heavy (non-hydrogen) atoms. The van der Waals surface area contributed by atoms with Crippen LogP contribution in [0.5, 0.6) is 0 Å². The molecule has 0 bridgehead atoms. The lowest BCUT2D eigenvalue weighted by Gasteiger charge is -2.49. The fourth-order valence-corrected chi connectivity index (χ4v) is 3.67. The maximum atomic E-state index is 11.1. The molecule has 1 aliphatic heterocycles. The predicted molar refractivity (Wildman–Crippen MR) is 79.8 cm³/mol. The maximum Gasteiger partial charge on any atom is 0.354 e. The first kappa shape index (κ1) is 14.3. The molecule has 0 aromatic carbocycles. The number of carbonyl (C=O) groups is 1. The quantitative estimate of drug-likeness (QED) is 0.907. The molecule has 3 rings (SSSR count). The molecule has 1 saturated heterocycles. The van der Waals surface area contributed by atoms with Crippen molar-refractivity contribution in [2.75, 3.05) is 18.0 Å². The summed E-state index contributed by atoms with van der Waals surface area (Å²) in [6, 6.07) is 5.18. The first-order chi connectivity index (χ1) is 9.89. The minimum absolute atomic E-state index is 0.0946. The molecule has 2 heterocycles. The molecule has 0 radical (unpaired) electrons. The highest BCUT2D eigenvalue weighted by atomic mass is 16.5. The molecule has 1 aromatic rings. The lowest BCUT2D eigenvalue weighted by molar-refractivity contribution is -0.148. The Labute approximate surface area is 124 Å². The van der Waals surface area contributed by atoms with Gasteiger partial charge in [0.15, 0.2) is 5.69 Å². The normalized spacial score (nSPS) is 23.4. The van der Waals surface area contributed by atoms with Crippen LogP contribution in [0.25, 0.3) is 0 Å². The highest BCUT2D eigenvalue weighted by Crippen LogP contribution is 2.41. The van der Waals surface area contributed by atoms with Crippen LogP contribution < -0.4 is 4.90 Å². The molecule has 1 saturated carbocycles. The molecular formula is C16H22N2O3. The van der Waals surface area contributed by atoms with E-state index in [0.717, 1.165) is 31.7 Å². The molecule has 1 N–H and O–H groups in total. The number of aromatic carboxylic acids is 1. The molecule has 1 aliphatic carbocycles. The van der Waals surface area contributed by atoms with Crippen LogP contribution in [-0.4, -0.2) is 40.4 Å². The van der Waals surface area contributed by atoms with Crippen molar-refractivity contribution in [3.05, 3.63) is 23.9 Å². The standard InChI is InChI=1S/C16H22N2O3/c1-15(2)10-18(11-16(21-15)8-3-4-9-16)13-7-5-6-12(17-13)14(19)20/h5-7H,3-4,8-11H2,1-2H3,(H,19,20). The molecule has 5 heteroatoms. The van der Waals surface area contributed by atoms with Crippen LogP contribution in [0.4, 0.5) is 5.82 Å². The van der Waals surface area contributed by atoms with E-state index in [-0.39, 0.29) is 16.9 Å². The van der Waals surface area contributed by atoms with Crippen LogP contribution in [0.15, 0.2) is 18.2 Å². The zero-order valence-corrected chi connectivity index (χ0v) is 12.6.